The number of furan rings is 1. The van der Waals surface area contributed by atoms with Gasteiger partial charge in [-0.2, -0.15) is 0 Å². The molecule has 1 aromatic heterocycles. The van der Waals surface area contributed by atoms with E-state index in [2.05, 4.69) is 54.6 Å². The van der Waals surface area contributed by atoms with Crippen LogP contribution in [0.4, 0.5) is 0 Å². The van der Waals surface area contributed by atoms with Gasteiger partial charge in [0.15, 0.2) is 0 Å². The molecule has 0 N–H and O–H groups in total. The first-order chi connectivity index (χ1) is 11.8. The molecule has 2 heteroatoms. The average Bonchev–Trinajstić information content (AvgIpc) is 3.06. The molecule has 0 bridgehead atoms. The van der Waals surface area contributed by atoms with E-state index in [4.69, 9.17) is 9.15 Å². The van der Waals surface area contributed by atoms with Crippen molar-refractivity contribution in [2.75, 3.05) is 7.11 Å². The second kappa shape index (κ2) is 6.25. The zero-order valence-corrected chi connectivity index (χ0v) is 13.5. The second-order valence-corrected chi connectivity index (χ2v) is 5.81. The van der Waals surface area contributed by atoms with Crippen LogP contribution < -0.4 is 4.74 Å². The Kier molecular flexibility index (Phi) is 3.80. The van der Waals surface area contributed by atoms with Crippen LogP contribution in [0.3, 0.4) is 0 Å². The molecule has 1 heterocycles. The van der Waals surface area contributed by atoms with Gasteiger partial charge in [-0.1, -0.05) is 60.7 Å². The van der Waals surface area contributed by atoms with Gasteiger partial charge in [0, 0.05) is 11.5 Å². The van der Waals surface area contributed by atoms with Gasteiger partial charge >= 0.3 is 0 Å². The smallest absolute Gasteiger partial charge is 0.138 e. The molecule has 24 heavy (non-hydrogen) atoms. The standard InChI is InChI=1S/C22H18O2/c1-23-19-13-12-18-14-21(24-20(18)15-19)22(16-8-4-2-5-9-16)17-10-6-3-7-11-17/h2-15,22H,1H3. The number of methoxy groups -OCH3 is 1. The normalized spacial score (nSPS) is 11.1. The fourth-order valence-electron chi connectivity index (χ4n) is 3.11. The number of ether oxygens (including phenoxy) is 1. The highest BCUT2D eigenvalue weighted by Gasteiger charge is 2.20. The summed E-state index contributed by atoms with van der Waals surface area (Å²) >= 11 is 0. The Morgan fingerprint density at radius 3 is 1.96 bits per heavy atom. The lowest BCUT2D eigenvalue weighted by molar-refractivity contribution is 0.414. The molecular weight excluding hydrogens is 296 g/mol. The zero-order chi connectivity index (χ0) is 16.4. The summed E-state index contributed by atoms with van der Waals surface area (Å²) in [6.07, 6.45) is 0. The SMILES string of the molecule is COc1ccc2cc(C(c3ccccc3)c3ccccc3)oc2c1. The summed E-state index contributed by atoms with van der Waals surface area (Å²) in [5, 5.41) is 1.09. The molecular formula is C22H18O2. The summed E-state index contributed by atoms with van der Waals surface area (Å²) in [6.45, 7) is 0. The average molecular weight is 314 g/mol. The first-order valence-electron chi connectivity index (χ1n) is 8.02. The van der Waals surface area contributed by atoms with Crippen molar-refractivity contribution in [2.24, 2.45) is 0 Å². The number of hydrogen-bond acceptors (Lipinski definition) is 2. The van der Waals surface area contributed by atoms with Crippen molar-refractivity contribution in [3.8, 4) is 5.75 Å². The van der Waals surface area contributed by atoms with E-state index in [1.165, 1.54) is 11.1 Å². The minimum absolute atomic E-state index is 0.0748. The molecule has 4 rings (SSSR count). The molecule has 0 saturated carbocycles. The Morgan fingerprint density at radius 2 is 1.38 bits per heavy atom. The van der Waals surface area contributed by atoms with E-state index in [1.54, 1.807) is 7.11 Å². The van der Waals surface area contributed by atoms with Crippen LogP contribution in [0.25, 0.3) is 11.0 Å². The summed E-state index contributed by atoms with van der Waals surface area (Å²) in [4.78, 5) is 0. The van der Waals surface area contributed by atoms with Crippen molar-refractivity contribution in [1.82, 2.24) is 0 Å². The number of benzene rings is 3. The highest BCUT2D eigenvalue weighted by Crippen LogP contribution is 2.36. The van der Waals surface area contributed by atoms with Crippen molar-refractivity contribution in [2.45, 2.75) is 5.92 Å². The number of hydrogen-bond donors (Lipinski definition) is 0. The predicted octanol–water partition coefficient (Wildman–Crippen LogP) is 5.62. The van der Waals surface area contributed by atoms with Gasteiger partial charge in [0.25, 0.3) is 0 Å². The largest absolute Gasteiger partial charge is 0.497 e. The van der Waals surface area contributed by atoms with Crippen molar-refractivity contribution < 1.29 is 9.15 Å². The third kappa shape index (κ3) is 2.67. The third-order valence-corrected chi connectivity index (χ3v) is 4.30. The second-order valence-electron chi connectivity index (χ2n) is 5.81. The summed E-state index contributed by atoms with van der Waals surface area (Å²) in [7, 11) is 1.67. The van der Waals surface area contributed by atoms with E-state index in [0.717, 1.165) is 22.5 Å². The fourth-order valence-corrected chi connectivity index (χ4v) is 3.11. The Morgan fingerprint density at radius 1 is 0.750 bits per heavy atom. The molecule has 4 aromatic rings. The lowest BCUT2D eigenvalue weighted by Crippen LogP contribution is -2.01. The zero-order valence-electron chi connectivity index (χ0n) is 13.5. The van der Waals surface area contributed by atoms with E-state index in [1.807, 2.05) is 30.3 Å². The molecule has 0 unspecified atom stereocenters. The van der Waals surface area contributed by atoms with Crippen LogP contribution in [0.15, 0.2) is 89.3 Å². The van der Waals surface area contributed by atoms with Gasteiger partial charge in [-0.05, 0) is 29.3 Å². The Hall–Kier alpha value is -3.00. The lowest BCUT2D eigenvalue weighted by Gasteiger charge is -2.15. The summed E-state index contributed by atoms with van der Waals surface area (Å²) in [5.41, 5.74) is 3.28. The maximum absolute atomic E-state index is 6.20. The van der Waals surface area contributed by atoms with Crippen molar-refractivity contribution in [1.29, 1.82) is 0 Å². The predicted molar refractivity (Wildman–Crippen MR) is 96.6 cm³/mol. The van der Waals surface area contributed by atoms with Crippen molar-refractivity contribution >= 4 is 11.0 Å². The van der Waals surface area contributed by atoms with E-state index in [-0.39, 0.29) is 5.92 Å². The van der Waals surface area contributed by atoms with Crippen molar-refractivity contribution in [3.05, 3.63) is 102 Å². The first kappa shape index (κ1) is 14.6. The number of rotatable bonds is 4. The topological polar surface area (TPSA) is 22.4 Å². The highest BCUT2D eigenvalue weighted by atomic mass is 16.5. The van der Waals surface area contributed by atoms with Crippen LogP contribution in [0.1, 0.15) is 22.8 Å². The van der Waals surface area contributed by atoms with Crippen LogP contribution in [0.5, 0.6) is 5.75 Å². The van der Waals surface area contributed by atoms with Crippen LogP contribution >= 0.6 is 0 Å². The first-order valence-corrected chi connectivity index (χ1v) is 8.02. The lowest BCUT2D eigenvalue weighted by atomic mass is 9.89. The van der Waals surface area contributed by atoms with Gasteiger partial charge in [-0.25, -0.2) is 0 Å². The van der Waals surface area contributed by atoms with E-state index in [0.29, 0.717) is 0 Å². The van der Waals surface area contributed by atoms with Gasteiger partial charge in [0.05, 0.1) is 13.0 Å². The van der Waals surface area contributed by atoms with Gasteiger partial charge in [-0.3, -0.25) is 0 Å². The van der Waals surface area contributed by atoms with Crippen molar-refractivity contribution in [3.63, 3.8) is 0 Å². The molecule has 0 aliphatic heterocycles. The minimum Gasteiger partial charge on any atom is -0.497 e. The molecule has 0 spiro atoms. The highest BCUT2D eigenvalue weighted by molar-refractivity contribution is 5.80. The molecule has 3 aromatic carbocycles. The molecule has 0 saturated heterocycles. The molecule has 0 radical (unpaired) electrons. The molecule has 118 valence electrons. The Balaban J connectivity index is 1.87. The Labute approximate surface area is 141 Å². The summed E-state index contributed by atoms with van der Waals surface area (Å²) in [5.74, 6) is 1.82. The van der Waals surface area contributed by atoms with E-state index in [9.17, 15) is 0 Å². The number of fused-ring (bicyclic) bond motifs is 1. The van der Waals surface area contributed by atoms with Crippen LogP contribution in [-0.2, 0) is 0 Å². The van der Waals surface area contributed by atoms with Gasteiger partial charge in [0.1, 0.15) is 17.1 Å². The monoisotopic (exact) mass is 314 g/mol. The summed E-state index contributed by atoms with van der Waals surface area (Å²) < 4.78 is 11.5. The molecule has 0 aliphatic carbocycles. The fraction of sp³-hybridized carbons (Fsp3) is 0.0909. The van der Waals surface area contributed by atoms with Crippen LogP contribution in [-0.4, -0.2) is 7.11 Å². The maximum Gasteiger partial charge on any atom is 0.138 e. The van der Waals surface area contributed by atoms with Gasteiger partial charge < -0.3 is 9.15 Å². The molecule has 0 fully saturated rings. The minimum atomic E-state index is 0.0748. The maximum atomic E-state index is 6.20. The summed E-state index contributed by atoms with van der Waals surface area (Å²) in [6, 6.07) is 29.0. The molecule has 0 amide bonds. The van der Waals surface area contributed by atoms with E-state index >= 15 is 0 Å². The quantitative estimate of drug-likeness (QED) is 0.487. The van der Waals surface area contributed by atoms with E-state index < -0.39 is 0 Å². The molecule has 0 atom stereocenters. The third-order valence-electron chi connectivity index (χ3n) is 4.30. The molecule has 0 aliphatic rings. The van der Waals surface area contributed by atoms with Crippen LogP contribution in [0.2, 0.25) is 0 Å². The van der Waals surface area contributed by atoms with Gasteiger partial charge in [0.2, 0.25) is 0 Å². The van der Waals surface area contributed by atoms with Gasteiger partial charge in [-0.15, -0.1) is 0 Å². The van der Waals surface area contributed by atoms with Crippen LogP contribution in [0, 0.1) is 0 Å². The molecule has 2 nitrogen and oxygen atoms in total. The Bertz CT molecular complexity index is 900.